The fourth-order valence-electron chi connectivity index (χ4n) is 3.78. The predicted molar refractivity (Wildman–Crippen MR) is 104 cm³/mol. The largest absolute Gasteiger partial charge is 0.417 e. The molecule has 10 heteroatoms. The summed E-state index contributed by atoms with van der Waals surface area (Å²) >= 11 is 0. The van der Waals surface area contributed by atoms with Crippen molar-refractivity contribution in [2.45, 2.75) is 31.9 Å². The molecule has 0 unspecified atom stereocenters. The lowest BCUT2D eigenvalue weighted by Gasteiger charge is -2.32. The molecule has 0 saturated carbocycles. The summed E-state index contributed by atoms with van der Waals surface area (Å²) in [6.45, 7) is 2.40. The van der Waals surface area contributed by atoms with Crippen molar-refractivity contribution in [1.29, 1.82) is 0 Å². The molecule has 1 fully saturated rings. The molecule has 1 amide bonds. The topological polar surface area (TPSA) is 97.9 Å². The van der Waals surface area contributed by atoms with Crippen LogP contribution >= 0.6 is 0 Å². The maximum Gasteiger partial charge on any atom is 0.417 e. The Balaban J connectivity index is 1.62. The van der Waals surface area contributed by atoms with E-state index in [2.05, 4.69) is 19.9 Å². The number of pyridine rings is 2. The Morgan fingerprint density at radius 1 is 1.20 bits per heavy atom. The lowest BCUT2D eigenvalue weighted by atomic mass is 9.91. The number of amides is 1. The van der Waals surface area contributed by atoms with Gasteiger partial charge in [-0.15, -0.1) is 0 Å². The number of nitrogens with two attached hydrogens (primary N) is 1. The van der Waals surface area contributed by atoms with Crippen LogP contribution in [-0.2, 0) is 6.18 Å². The second-order valence-corrected chi connectivity index (χ2v) is 7.26. The van der Waals surface area contributed by atoms with Gasteiger partial charge >= 0.3 is 6.18 Å². The predicted octanol–water partition coefficient (Wildman–Crippen LogP) is 3.35. The summed E-state index contributed by atoms with van der Waals surface area (Å²) in [6.07, 6.45) is -0.519. The molecule has 156 valence electrons. The summed E-state index contributed by atoms with van der Waals surface area (Å²) in [5, 5.41) is -0.277. The number of rotatable bonds is 2. The van der Waals surface area contributed by atoms with E-state index in [-0.39, 0.29) is 34.5 Å². The second kappa shape index (κ2) is 7.51. The fraction of sp³-hybridized carbons (Fsp3) is 0.350. The van der Waals surface area contributed by atoms with Gasteiger partial charge < -0.3 is 10.6 Å². The molecular weight excluding hydrogens is 397 g/mol. The fourth-order valence-corrected chi connectivity index (χ4v) is 3.78. The van der Waals surface area contributed by atoms with E-state index in [9.17, 15) is 18.0 Å². The normalized spacial score (nSPS) is 15.5. The van der Waals surface area contributed by atoms with Crippen LogP contribution < -0.4 is 5.73 Å². The molecule has 1 aliphatic rings. The van der Waals surface area contributed by atoms with Gasteiger partial charge in [-0.1, -0.05) is 0 Å². The molecule has 3 aromatic rings. The van der Waals surface area contributed by atoms with Crippen molar-refractivity contribution in [1.82, 2.24) is 24.8 Å². The van der Waals surface area contributed by atoms with Crippen LogP contribution in [0.25, 0.3) is 11.0 Å². The van der Waals surface area contributed by atoms with Gasteiger partial charge in [-0.3, -0.25) is 9.78 Å². The minimum absolute atomic E-state index is 0.0568. The lowest BCUT2D eigenvalue weighted by molar-refractivity contribution is -0.136. The molecule has 4 rings (SSSR count). The molecule has 1 saturated heterocycles. The third-order valence-corrected chi connectivity index (χ3v) is 5.24. The molecule has 0 atom stereocenters. The number of alkyl halides is 3. The third kappa shape index (κ3) is 3.77. The standard InChI is InChI=1S/C20H19F3N6O/c1-11-26-17(24)16-14(20(21,22)23)9-15(28-18(16)27-11)12-4-7-29(8-5-12)19(30)13-3-2-6-25-10-13/h2-3,6,9-10,12H,4-5,7-8H2,1H3,(H2,24,26,27,28). The van der Waals surface area contributed by atoms with Crippen molar-refractivity contribution in [2.24, 2.45) is 0 Å². The van der Waals surface area contributed by atoms with Crippen LogP contribution in [0.1, 0.15) is 46.2 Å². The average Bonchev–Trinajstić information content (AvgIpc) is 2.72. The number of nitrogen functional groups attached to an aromatic ring is 1. The van der Waals surface area contributed by atoms with Crippen molar-refractivity contribution < 1.29 is 18.0 Å². The first kappa shape index (κ1) is 20.0. The summed E-state index contributed by atoms with van der Waals surface area (Å²) in [5.74, 6) is -0.333. The number of carbonyl (C=O) groups excluding carboxylic acids is 1. The van der Waals surface area contributed by atoms with Gasteiger partial charge in [0.15, 0.2) is 5.65 Å². The van der Waals surface area contributed by atoms with E-state index in [4.69, 9.17) is 5.73 Å². The van der Waals surface area contributed by atoms with Gasteiger partial charge in [-0.2, -0.15) is 13.2 Å². The zero-order chi connectivity index (χ0) is 21.5. The number of aromatic nitrogens is 4. The number of likely N-dealkylation sites (tertiary alicyclic amines) is 1. The highest BCUT2D eigenvalue weighted by molar-refractivity contribution is 5.94. The SMILES string of the molecule is Cc1nc(N)c2c(C(F)(F)F)cc(C3CCN(C(=O)c4cccnc4)CC3)nc2n1. The summed E-state index contributed by atoms with van der Waals surface area (Å²) in [5.41, 5.74) is 5.61. The highest BCUT2D eigenvalue weighted by atomic mass is 19.4. The molecule has 0 radical (unpaired) electrons. The highest BCUT2D eigenvalue weighted by Gasteiger charge is 2.36. The number of hydrogen-bond acceptors (Lipinski definition) is 6. The Kier molecular flexibility index (Phi) is 5.00. The number of halogens is 3. The van der Waals surface area contributed by atoms with Gasteiger partial charge in [0.2, 0.25) is 0 Å². The quantitative estimate of drug-likeness (QED) is 0.688. The summed E-state index contributed by atoms with van der Waals surface area (Å²) in [7, 11) is 0. The van der Waals surface area contributed by atoms with Crippen LogP contribution in [0.2, 0.25) is 0 Å². The van der Waals surface area contributed by atoms with E-state index in [0.717, 1.165) is 6.07 Å². The van der Waals surface area contributed by atoms with Crippen molar-refractivity contribution in [3.63, 3.8) is 0 Å². The number of anilines is 1. The van der Waals surface area contributed by atoms with Crippen LogP contribution in [0.4, 0.5) is 19.0 Å². The van der Waals surface area contributed by atoms with Crippen LogP contribution in [0, 0.1) is 6.92 Å². The molecule has 7 nitrogen and oxygen atoms in total. The molecular formula is C20H19F3N6O. The Hall–Kier alpha value is -3.30. The van der Waals surface area contributed by atoms with Gasteiger partial charge in [0, 0.05) is 37.1 Å². The number of piperidine rings is 1. The first-order chi connectivity index (χ1) is 14.2. The summed E-state index contributed by atoms with van der Waals surface area (Å²) in [6, 6.07) is 4.42. The number of fused-ring (bicyclic) bond motifs is 1. The van der Waals surface area contributed by atoms with E-state index in [1.807, 2.05) is 0 Å². The summed E-state index contributed by atoms with van der Waals surface area (Å²) in [4.78, 5) is 30.5. The van der Waals surface area contributed by atoms with Crippen molar-refractivity contribution >= 4 is 22.8 Å². The molecule has 3 aromatic heterocycles. The number of carbonyl (C=O) groups is 1. The number of hydrogen-bond donors (Lipinski definition) is 1. The van der Waals surface area contributed by atoms with E-state index in [1.165, 1.54) is 6.20 Å². The molecule has 0 aromatic carbocycles. The first-order valence-corrected chi connectivity index (χ1v) is 9.45. The molecule has 0 bridgehead atoms. The number of aryl methyl sites for hydroxylation is 1. The lowest BCUT2D eigenvalue weighted by Crippen LogP contribution is -2.38. The maximum absolute atomic E-state index is 13.7. The van der Waals surface area contributed by atoms with E-state index in [0.29, 0.717) is 37.2 Å². The number of nitrogens with zero attached hydrogens (tertiary/aromatic N) is 5. The Labute approximate surface area is 170 Å². The Bertz CT molecular complexity index is 1100. The molecule has 0 aliphatic carbocycles. The van der Waals surface area contributed by atoms with Crippen molar-refractivity contribution in [2.75, 3.05) is 18.8 Å². The second-order valence-electron chi connectivity index (χ2n) is 7.26. The highest BCUT2D eigenvalue weighted by Crippen LogP contribution is 2.39. The Morgan fingerprint density at radius 2 is 1.93 bits per heavy atom. The molecule has 30 heavy (non-hydrogen) atoms. The van der Waals surface area contributed by atoms with Gasteiger partial charge in [0.25, 0.3) is 5.91 Å². The first-order valence-electron chi connectivity index (χ1n) is 9.45. The molecule has 2 N–H and O–H groups in total. The summed E-state index contributed by atoms with van der Waals surface area (Å²) < 4.78 is 41.1. The molecule has 1 aliphatic heterocycles. The van der Waals surface area contributed by atoms with E-state index in [1.54, 1.807) is 30.2 Å². The van der Waals surface area contributed by atoms with Crippen LogP contribution in [0.5, 0.6) is 0 Å². The van der Waals surface area contributed by atoms with Crippen molar-refractivity contribution in [3.8, 4) is 0 Å². The van der Waals surface area contributed by atoms with Gasteiger partial charge in [-0.05, 0) is 38.0 Å². The van der Waals surface area contributed by atoms with E-state index < -0.39 is 11.7 Å². The zero-order valence-corrected chi connectivity index (χ0v) is 16.1. The van der Waals surface area contributed by atoms with Crippen LogP contribution in [-0.4, -0.2) is 43.8 Å². The molecule has 0 spiro atoms. The van der Waals surface area contributed by atoms with Crippen molar-refractivity contribution in [3.05, 3.63) is 53.2 Å². The monoisotopic (exact) mass is 416 g/mol. The van der Waals surface area contributed by atoms with E-state index >= 15 is 0 Å². The maximum atomic E-state index is 13.7. The zero-order valence-electron chi connectivity index (χ0n) is 16.1. The smallest absolute Gasteiger partial charge is 0.383 e. The van der Waals surface area contributed by atoms with Gasteiger partial charge in [0.05, 0.1) is 16.5 Å². The minimum atomic E-state index is -4.61. The van der Waals surface area contributed by atoms with Gasteiger partial charge in [0.1, 0.15) is 11.6 Å². The average molecular weight is 416 g/mol. The van der Waals surface area contributed by atoms with Crippen LogP contribution in [0.3, 0.4) is 0 Å². The van der Waals surface area contributed by atoms with Crippen LogP contribution in [0.15, 0.2) is 30.6 Å². The Morgan fingerprint density at radius 3 is 2.57 bits per heavy atom. The molecule has 4 heterocycles. The van der Waals surface area contributed by atoms with Gasteiger partial charge in [-0.25, -0.2) is 15.0 Å². The third-order valence-electron chi connectivity index (χ3n) is 5.24. The minimum Gasteiger partial charge on any atom is -0.383 e.